The van der Waals surface area contributed by atoms with Crippen molar-refractivity contribution in [2.24, 2.45) is 0 Å². The molecule has 0 unspecified atom stereocenters. The summed E-state index contributed by atoms with van der Waals surface area (Å²) in [5.74, 6) is 0.246. The average molecular weight is 278 g/mol. The van der Waals surface area contributed by atoms with E-state index < -0.39 is 0 Å². The van der Waals surface area contributed by atoms with Gasteiger partial charge >= 0.3 is 0 Å². The van der Waals surface area contributed by atoms with Crippen LogP contribution < -0.4 is 0 Å². The first-order chi connectivity index (χ1) is 9.84. The third-order valence-corrected chi connectivity index (χ3v) is 4.17. The number of morpholine rings is 1. The van der Waals surface area contributed by atoms with E-state index in [0.717, 1.165) is 38.2 Å². The Kier molecular flexibility index (Phi) is 4.32. The Hall–Kier alpha value is -1.40. The molecule has 2 saturated heterocycles. The van der Waals surface area contributed by atoms with Crippen molar-refractivity contribution in [3.05, 3.63) is 18.0 Å². The highest BCUT2D eigenvalue weighted by molar-refractivity contribution is 5.78. The van der Waals surface area contributed by atoms with Gasteiger partial charge in [0.15, 0.2) is 0 Å². The van der Waals surface area contributed by atoms with Gasteiger partial charge < -0.3 is 9.64 Å². The first kappa shape index (κ1) is 13.6. The molecular weight excluding hydrogens is 256 g/mol. The summed E-state index contributed by atoms with van der Waals surface area (Å²) in [5.41, 5.74) is 1.02. The van der Waals surface area contributed by atoms with Crippen LogP contribution in [-0.2, 0) is 9.53 Å². The molecule has 0 spiro atoms. The minimum absolute atomic E-state index is 0.111. The number of nitrogens with zero attached hydrogens (tertiary/aromatic N) is 3. The van der Waals surface area contributed by atoms with Gasteiger partial charge in [-0.2, -0.15) is 5.10 Å². The zero-order valence-corrected chi connectivity index (χ0v) is 11.8. The summed E-state index contributed by atoms with van der Waals surface area (Å²) in [6.07, 6.45) is 5.27. The Labute approximate surface area is 119 Å². The minimum atomic E-state index is 0.111. The van der Waals surface area contributed by atoms with Gasteiger partial charge in [0, 0.05) is 25.8 Å². The molecule has 0 saturated carbocycles. The number of H-pyrrole nitrogens is 1. The van der Waals surface area contributed by atoms with Crippen molar-refractivity contribution in [2.75, 3.05) is 39.4 Å². The Morgan fingerprint density at radius 1 is 1.35 bits per heavy atom. The van der Waals surface area contributed by atoms with Crippen LogP contribution in [0.15, 0.2) is 12.3 Å². The van der Waals surface area contributed by atoms with Gasteiger partial charge in [-0.15, -0.1) is 0 Å². The number of aromatic nitrogens is 2. The second-order valence-electron chi connectivity index (χ2n) is 5.51. The molecule has 2 aliphatic heterocycles. The van der Waals surface area contributed by atoms with Crippen LogP contribution in [0, 0.1) is 0 Å². The van der Waals surface area contributed by atoms with E-state index in [9.17, 15) is 4.79 Å². The molecule has 0 bridgehead atoms. The van der Waals surface area contributed by atoms with E-state index in [-0.39, 0.29) is 11.9 Å². The van der Waals surface area contributed by atoms with Gasteiger partial charge in [0.25, 0.3) is 0 Å². The van der Waals surface area contributed by atoms with Crippen LogP contribution in [0.1, 0.15) is 31.0 Å². The molecule has 0 radical (unpaired) electrons. The van der Waals surface area contributed by atoms with Crippen LogP contribution in [0.2, 0.25) is 0 Å². The molecule has 3 heterocycles. The van der Waals surface area contributed by atoms with E-state index in [4.69, 9.17) is 4.74 Å². The molecule has 0 aromatic carbocycles. The van der Waals surface area contributed by atoms with E-state index in [1.165, 1.54) is 6.42 Å². The van der Waals surface area contributed by atoms with Crippen LogP contribution >= 0.6 is 0 Å². The lowest BCUT2D eigenvalue weighted by Crippen LogP contribution is -2.47. The number of nitrogens with one attached hydrogen (secondary N) is 1. The molecule has 2 fully saturated rings. The van der Waals surface area contributed by atoms with E-state index in [1.54, 1.807) is 6.20 Å². The lowest BCUT2D eigenvalue weighted by Gasteiger charge is -2.36. The van der Waals surface area contributed by atoms with Crippen LogP contribution in [0.3, 0.4) is 0 Å². The van der Waals surface area contributed by atoms with Gasteiger partial charge in [-0.05, 0) is 25.3 Å². The van der Waals surface area contributed by atoms with Gasteiger partial charge in [-0.3, -0.25) is 14.8 Å². The normalized spacial score (nSPS) is 24.8. The molecule has 0 aliphatic carbocycles. The Bertz CT molecular complexity index is 428. The molecule has 1 amide bonds. The van der Waals surface area contributed by atoms with Crippen molar-refractivity contribution in [1.82, 2.24) is 20.0 Å². The first-order valence-corrected chi connectivity index (χ1v) is 7.43. The number of ether oxygens (including phenoxy) is 1. The van der Waals surface area contributed by atoms with Crippen LogP contribution in [0.25, 0.3) is 0 Å². The standard InChI is InChI=1S/C14H22N4O2/c19-14(17-6-2-1-3-7-17)10-18-8-9-20-11-13(18)12-4-5-15-16-12/h4-5,13H,1-3,6-11H2,(H,15,16)/t13-/m1/s1. The maximum Gasteiger partial charge on any atom is 0.236 e. The van der Waals surface area contributed by atoms with E-state index in [0.29, 0.717) is 19.8 Å². The monoisotopic (exact) mass is 278 g/mol. The highest BCUT2D eigenvalue weighted by Gasteiger charge is 2.29. The molecule has 2 aliphatic rings. The number of rotatable bonds is 3. The highest BCUT2D eigenvalue weighted by Crippen LogP contribution is 2.22. The van der Waals surface area contributed by atoms with E-state index >= 15 is 0 Å². The highest BCUT2D eigenvalue weighted by atomic mass is 16.5. The summed E-state index contributed by atoms with van der Waals surface area (Å²) in [7, 11) is 0. The summed E-state index contributed by atoms with van der Waals surface area (Å²) in [6, 6.07) is 2.07. The van der Waals surface area contributed by atoms with Gasteiger partial charge in [-0.1, -0.05) is 0 Å². The number of amides is 1. The smallest absolute Gasteiger partial charge is 0.236 e. The Morgan fingerprint density at radius 2 is 2.20 bits per heavy atom. The quantitative estimate of drug-likeness (QED) is 0.888. The molecule has 1 aromatic heterocycles. The maximum absolute atomic E-state index is 12.4. The summed E-state index contributed by atoms with van der Waals surface area (Å²) in [6.45, 7) is 4.42. The second kappa shape index (κ2) is 6.37. The summed E-state index contributed by atoms with van der Waals surface area (Å²) >= 11 is 0. The fourth-order valence-electron chi connectivity index (χ4n) is 2.98. The van der Waals surface area contributed by atoms with Gasteiger partial charge in [0.05, 0.1) is 31.5 Å². The fraction of sp³-hybridized carbons (Fsp3) is 0.714. The topological polar surface area (TPSA) is 61.5 Å². The molecule has 110 valence electrons. The number of hydrogen-bond donors (Lipinski definition) is 1. The van der Waals surface area contributed by atoms with Crippen molar-refractivity contribution in [1.29, 1.82) is 0 Å². The SMILES string of the molecule is O=C(CN1CCOC[C@@H]1c1ccn[nH]1)N1CCCCC1. The van der Waals surface area contributed by atoms with Crippen molar-refractivity contribution in [3.63, 3.8) is 0 Å². The van der Waals surface area contributed by atoms with Crippen molar-refractivity contribution >= 4 is 5.91 Å². The number of carbonyl (C=O) groups excluding carboxylic acids is 1. The number of carbonyl (C=O) groups is 1. The van der Waals surface area contributed by atoms with Gasteiger partial charge in [-0.25, -0.2) is 0 Å². The van der Waals surface area contributed by atoms with Crippen LogP contribution in [-0.4, -0.2) is 65.3 Å². The van der Waals surface area contributed by atoms with Crippen LogP contribution in [0.4, 0.5) is 0 Å². The summed E-state index contributed by atoms with van der Waals surface area (Å²) < 4.78 is 5.55. The molecule has 6 nitrogen and oxygen atoms in total. The molecular formula is C14H22N4O2. The molecule has 1 N–H and O–H groups in total. The van der Waals surface area contributed by atoms with Crippen molar-refractivity contribution in [3.8, 4) is 0 Å². The molecule has 1 aromatic rings. The average Bonchev–Trinajstić information content (AvgIpc) is 3.03. The second-order valence-corrected chi connectivity index (χ2v) is 5.51. The number of likely N-dealkylation sites (tertiary alicyclic amines) is 1. The number of piperidine rings is 1. The van der Waals surface area contributed by atoms with Crippen LogP contribution in [0.5, 0.6) is 0 Å². The third-order valence-electron chi connectivity index (χ3n) is 4.17. The fourth-order valence-corrected chi connectivity index (χ4v) is 2.98. The van der Waals surface area contributed by atoms with Gasteiger partial charge in [0.1, 0.15) is 0 Å². The Morgan fingerprint density at radius 3 is 2.95 bits per heavy atom. The molecule has 1 atom stereocenters. The lowest BCUT2D eigenvalue weighted by molar-refractivity contribution is -0.135. The minimum Gasteiger partial charge on any atom is -0.378 e. The predicted molar refractivity (Wildman–Crippen MR) is 74.2 cm³/mol. The summed E-state index contributed by atoms with van der Waals surface area (Å²) in [4.78, 5) is 16.6. The number of aromatic amines is 1. The largest absolute Gasteiger partial charge is 0.378 e. The zero-order valence-electron chi connectivity index (χ0n) is 11.8. The molecule has 3 rings (SSSR count). The van der Waals surface area contributed by atoms with E-state index in [1.807, 2.05) is 11.0 Å². The third kappa shape index (κ3) is 3.02. The molecule has 20 heavy (non-hydrogen) atoms. The van der Waals surface area contributed by atoms with Crippen molar-refractivity contribution in [2.45, 2.75) is 25.3 Å². The number of hydrogen-bond acceptors (Lipinski definition) is 4. The Balaban J connectivity index is 1.63. The molecule has 6 heteroatoms. The van der Waals surface area contributed by atoms with E-state index in [2.05, 4.69) is 15.1 Å². The maximum atomic E-state index is 12.4. The summed E-state index contributed by atoms with van der Waals surface area (Å²) in [5, 5.41) is 6.99. The van der Waals surface area contributed by atoms with Gasteiger partial charge in [0.2, 0.25) is 5.91 Å². The first-order valence-electron chi connectivity index (χ1n) is 7.43. The van der Waals surface area contributed by atoms with Crippen molar-refractivity contribution < 1.29 is 9.53 Å². The zero-order chi connectivity index (χ0) is 13.8. The lowest BCUT2D eigenvalue weighted by atomic mass is 10.1. The predicted octanol–water partition coefficient (Wildman–Crippen LogP) is 0.795.